The number of benzene rings is 1. The van der Waals surface area contributed by atoms with E-state index in [-0.39, 0.29) is 22.7 Å². The molecular formula is C16H13F3N2O2. The monoisotopic (exact) mass is 322 g/mol. The van der Waals surface area contributed by atoms with Crippen molar-refractivity contribution in [1.29, 1.82) is 0 Å². The Morgan fingerprint density at radius 1 is 1.17 bits per heavy atom. The second-order valence-electron chi connectivity index (χ2n) is 5.63. The Morgan fingerprint density at radius 2 is 1.91 bits per heavy atom. The molecule has 0 unspecified atom stereocenters. The van der Waals surface area contributed by atoms with Crippen LogP contribution in [-0.4, -0.2) is 11.4 Å². The van der Waals surface area contributed by atoms with Crippen molar-refractivity contribution in [2.45, 2.75) is 25.7 Å². The van der Waals surface area contributed by atoms with Crippen molar-refractivity contribution in [3.63, 3.8) is 0 Å². The Bertz CT molecular complexity index is 798. The maximum atomic E-state index is 13.0. The van der Waals surface area contributed by atoms with Crippen molar-refractivity contribution in [2.75, 3.05) is 0 Å². The third-order valence-electron chi connectivity index (χ3n) is 3.37. The highest BCUT2D eigenvalue weighted by molar-refractivity contribution is 6.13. The summed E-state index contributed by atoms with van der Waals surface area (Å²) in [4.78, 5) is 4.32. The second-order valence-corrected chi connectivity index (χ2v) is 5.63. The quantitative estimate of drug-likeness (QED) is 0.597. The summed E-state index contributed by atoms with van der Waals surface area (Å²) in [6.45, 7) is 3.34. The zero-order valence-corrected chi connectivity index (χ0v) is 12.4. The fraction of sp³-hybridized carbons (Fsp3) is 0.250. The lowest BCUT2D eigenvalue weighted by atomic mass is 10.00. The molecular weight excluding hydrogens is 309 g/mol. The van der Waals surface area contributed by atoms with Crippen molar-refractivity contribution in [3.8, 4) is 5.75 Å². The average Bonchev–Trinajstić information content (AvgIpc) is 2.44. The van der Waals surface area contributed by atoms with Gasteiger partial charge in [0.05, 0.1) is 5.56 Å². The zero-order chi connectivity index (χ0) is 16.8. The lowest BCUT2D eigenvalue weighted by Crippen LogP contribution is -2.39. The molecule has 0 aliphatic carbocycles. The van der Waals surface area contributed by atoms with Crippen molar-refractivity contribution in [3.05, 3.63) is 64.6 Å². The molecule has 2 aromatic rings. The topological polar surface area (TPSA) is 48.5 Å². The Kier molecular flexibility index (Phi) is 3.31. The summed E-state index contributed by atoms with van der Waals surface area (Å²) < 4.78 is 45.1. The summed E-state index contributed by atoms with van der Waals surface area (Å²) in [7, 11) is 0. The van der Waals surface area contributed by atoms with Gasteiger partial charge in [0.15, 0.2) is 11.9 Å². The van der Waals surface area contributed by atoms with Gasteiger partial charge in [0.1, 0.15) is 11.5 Å². The van der Waals surface area contributed by atoms with Crippen molar-refractivity contribution in [2.24, 2.45) is 4.99 Å². The lowest BCUT2D eigenvalue weighted by Gasteiger charge is -2.29. The standard InChI is InChI=1S/C16H13F3N2O2/c1-15(2)20-14(12-5-3-4-8-21(12)22)11-9-10(16(17,18)19)6-7-13(11)23-15/h3-9H,1-2H3. The molecule has 4 nitrogen and oxygen atoms in total. The Hall–Kier alpha value is -2.57. The van der Waals surface area contributed by atoms with E-state index in [1.807, 2.05) is 0 Å². The van der Waals surface area contributed by atoms with Crippen LogP contribution >= 0.6 is 0 Å². The van der Waals surface area contributed by atoms with Crippen LogP contribution in [0.5, 0.6) is 5.75 Å². The summed E-state index contributed by atoms with van der Waals surface area (Å²) in [5, 5.41) is 12.0. The SMILES string of the molecule is CC1(C)N=C(c2cccc[n+]2[O-])c2cc(C(F)(F)F)ccc2O1. The molecule has 0 atom stereocenters. The molecule has 0 saturated carbocycles. The number of halogens is 3. The molecule has 1 aliphatic heterocycles. The van der Waals surface area contributed by atoms with Crippen LogP contribution in [-0.2, 0) is 6.18 Å². The maximum Gasteiger partial charge on any atom is 0.416 e. The minimum atomic E-state index is -4.49. The molecule has 1 aliphatic rings. The fourth-order valence-corrected chi connectivity index (χ4v) is 2.41. The van der Waals surface area contributed by atoms with E-state index in [4.69, 9.17) is 4.74 Å². The van der Waals surface area contributed by atoms with Gasteiger partial charge in [0, 0.05) is 17.7 Å². The molecule has 2 heterocycles. The van der Waals surface area contributed by atoms with Crippen LogP contribution in [0.1, 0.15) is 30.7 Å². The summed E-state index contributed by atoms with van der Waals surface area (Å²) >= 11 is 0. The highest BCUT2D eigenvalue weighted by atomic mass is 19.4. The van der Waals surface area contributed by atoms with Gasteiger partial charge in [-0.3, -0.25) is 0 Å². The first kappa shape index (κ1) is 15.3. The van der Waals surface area contributed by atoms with Gasteiger partial charge in [-0.2, -0.15) is 17.9 Å². The first-order valence-electron chi connectivity index (χ1n) is 6.86. The average molecular weight is 322 g/mol. The van der Waals surface area contributed by atoms with Crippen molar-refractivity contribution >= 4 is 5.71 Å². The van der Waals surface area contributed by atoms with E-state index in [1.165, 1.54) is 24.4 Å². The highest BCUT2D eigenvalue weighted by Gasteiger charge is 2.36. The number of aliphatic imine (C=N–C) groups is 1. The lowest BCUT2D eigenvalue weighted by molar-refractivity contribution is -0.606. The molecule has 0 N–H and O–H groups in total. The number of alkyl halides is 3. The fourth-order valence-electron chi connectivity index (χ4n) is 2.41. The Balaban J connectivity index is 2.23. The molecule has 23 heavy (non-hydrogen) atoms. The molecule has 0 radical (unpaired) electrons. The highest BCUT2D eigenvalue weighted by Crippen LogP contribution is 2.37. The van der Waals surface area contributed by atoms with Crippen LogP contribution in [0.3, 0.4) is 0 Å². The van der Waals surface area contributed by atoms with Gasteiger partial charge in [-0.15, -0.1) is 0 Å². The smallest absolute Gasteiger partial charge is 0.416 e. The second kappa shape index (κ2) is 4.97. The van der Waals surface area contributed by atoms with E-state index in [2.05, 4.69) is 4.99 Å². The van der Waals surface area contributed by atoms with E-state index in [0.29, 0.717) is 4.73 Å². The van der Waals surface area contributed by atoms with E-state index in [1.54, 1.807) is 19.9 Å². The predicted octanol–water partition coefficient (Wildman–Crippen LogP) is 3.30. The molecule has 0 spiro atoms. The number of ether oxygens (including phenoxy) is 1. The number of hydrogen-bond acceptors (Lipinski definition) is 3. The van der Waals surface area contributed by atoms with E-state index in [9.17, 15) is 18.4 Å². The summed E-state index contributed by atoms with van der Waals surface area (Å²) in [6, 6.07) is 7.84. The number of pyridine rings is 1. The van der Waals surface area contributed by atoms with E-state index in [0.717, 1.165) is 12.1 Å². The van der Waals surface area contributed by atoms with Crippen LogP contribution in [0.25, 0.3) is 0 Å². The van der Waals surface area contributed by atoms with Crippen LogP contribution in [0.4, 0.5) is 13.2 Å². The van der Waals surface area contributed by atoms with E-state index >= 15 is 0 Å². The van der Waals surface area contributed by atoms with Gasteiger partial charge in [-0.1, -0.05) is 0 Å². The molecule has 7 heteroatoms. The largest absolute Gasteiger partial charge is 0.618 e. The normalized spacial score (nSPS) is 16.3. The van der Waals surface area contributed by atoms with Crippen molar-refractivity contribution < 1.29 is 22.6 Å². The molecule has 0 bridgehead atoms. The first-order valence-corrected chi connectivity index (χ1v) is 6.86. The zero-order valence-electron chi connectivity index (χ0n) is 12.4. The first-order chi connectivity index (χ1) is 10.7. The molecule has 1 aromatic carbocycles. The summed E-state index contributed by atoms with van der Waals surface area (Å²) in [5.74, 6) is 0.261. The number of hydrogen-bond donors (Lipinski definition) is 0. The van der Waals surface area contributed by atoms with Gasteiger partial charge in [-0.25, -0.2) is 4.99 Å². The van der Waals surface area contributed by atoms with Gasteiger partial charge in [0.25, 0.3) is 0 Å². The molecule has 3 rings (SSSR count). The minimum Gasteiger partial charge on any atom is -0.618 e. The number of rotatable bonds is 1. The summed E-state index contributed by atoms with van der Waals surface area (Å²) in [5.41, 5.74) is -1.30. The third kappa shape index (κ3) is 2.86. The molecule has 0 fully saturated rings. The molecule has 1 aromatic heterocycles. The Labute approximate surface area is 130 Å². The number of aromatic nitrogens is 1. The predicted molar refractivity (Wildman–Crippen MR) is 77.2 cm³/mol. The maximum absolute atomic E-state index is 13.0. The Morgan fingerprint density at radius 3 is 2.57 bits per heavy atom. The van der Waals surface area contributed by atoms with Crippen LogP contribution < -0.4 is 9.47 Å². The molecule has 0 saturated heterocycles. The minimum absolute atomic E-state index is 0.148. The van der Waals surface area contributed by atoms with Crippen molar-refractivity contribution in [1.82, 2.24) is 0 Å². The van der Waals surface area contributed by atoms with Crippen LogP contribution in [0.2, 0.25) is 0 Å². The van der Waals surface area contributed by atoms with Gasteiger partial charge in [0.2, 0.25) is 5.69 Å². The number of nitrogens with zero attached hydrogens (tertiary/aromatic N) is 2. The van der Waals surface area contributed by atoms with Gasteiger partial charge < -0.3 is 9.94 Å². The molecule has 120 valence electrons. The summed E-state index contributed by atoms with van der Waals surface area (Å²) in [6.07, 6.45) is -3.22. The van der Waals surface area contributed by atoms with Crippen LogP contribution in [0.15, 0.2) is 47.6 Å². The van der Waals surface area contributed by atoms with Crippen LogP contribution in [0, 0.1) is 5.21 Å². The molecule has 0 amide bonds. The van der Waals surface area contributed by atoms with E-state index < -0.39 is 17.5 Å². The number of fused-ring (bicyclic) bond motifs is 1. The third-order valence-corrected chi connectivity index (χ3v) is 3.37. The van der Waals surface area contributed by atoms with Gasteiger partial charge >= 0.3 is 6.18 Å². The van der Waals surface area contributed by atoms with Gasteiger partial charge in [-0.05, 0) is 38.1 Å².